The molecule has 1 aliphatic heterocycles. The summed E-state index contributed by atoms with van der Waals surface area (Å²) in [6.45, 7) is 2.91. The molecule has 0 bridgehead atoms. The van der Waals surface area contributed by atoms with Crippen molar-refractivity contribution in [3.63, 3.8) is 0 Å². The largest absolute Gasteiger partial charge is 0.480 e. The Kier molecular flexibility index (Phi) is 3.63. The Hall–Kier alpha value is -0.870. The zero-order valence-corrected chi connectivity index (χ0v) is 13.3. The molecule has 0 spiro atoms. The molecule has 1 heterocycles. The summed E-state index contributed by atoms with van der Waals surface area (Å²) in [7, 11) is 0. The smallest absolute Gasteiger partial charge is 0.324 e. The van der Waals surface area contributed by atoms with Crippen LogP contribution in [0.4, 0.5) is 0 Å². The molecular formula is C16H20BrNO2. The van der Waals surface area contributed by atoms with Crippen LogP contribution in [-0.2, 0) is 11.2 Å². The van der Waals surface area contributed by atoms with E-state index in [4.69, 9.17) is 0 Å². The lowest BCUT2D eigenvalue weighted by Gasteiger charge is -2.38. The molecule has 0 radical (unpaired) electrons. The number of hydrogen-bond acceptors (Lipinski definition) is 2. The van der Waals surface area contributed by atoms with Gasteiger partial charge in [0.15, 0.2) is 0 Å². The number of aryl methyl sites for hydroxylation is 1. The second-order valence-electron chi connectivity index (χ2n) is 5.88. The van der Waals surface area contributed by atoms with Gasteiger partial charge in [-0.2, -0.15) is 0 Å². The first-order chi connectivity index (χ1) is 9.58. The summed E-state index contributed by atoms with van der Waals surface area (Å²) in [6, 6.07) is 6.69. The number of carboxylic acid groups (broad SMARTS) is 1. The maximum absolute atomic E-state index is 11.8. The summed E-state index contributed by atoms with van der Waals surface area (Å²) >= 11 is 3.52. The van der Waals surface area contributed by atoms with Crippen LogP contribution in [0.5, 0.6) is 0 Å². The molecule has 2 unspecified atom stereocenters. The van der Waals surface area contributed by atoms with E-state index in [-0.39, 0.29) is 6.04 Å². The highest BCUT2D eigenvalue weighted by Gasteiger charge is 2.50. The molecule has 1 aromatic carbocycles. The van der Waals surface area contributed by atoms with Gasteiger partial charge in [0.2, 0.25) is 0 Å². The molecule has 2 aliphatic rings. The van der Waals surface area contributed by atoms with Crippen molar-refractivity contribution in [2.24, 2.45) is 0 Å². The van der Waals surface area contributed by atoms with E-state index < -0.39 is 11.5 Å². The molecule has 108 valence electrons. The van der Waals surface area contributed by atoms with Crippen LogP contribution in [0.3, 0.4) is 0 Å². The summed E-state index contributed by atoms with van der Waals surface area (Å²) in [5.74, 6) is -0.650. The molecule has 1 aromatic rings. The van der Waals surface area contributed by atoms with Gasteiger partial charge in [-0.15, -0.1) is 0 Å². The number of nitrogens with zero attached hydrogens (tertiary/aromatic N) is 1. The van der Waals surface area contributed by atoms with E-state index in [0.29, 0.717) is 6.42 Å². The number of aliphatic carboxylic acids is 1. The lowest BCUT2D eigenvalue weighted by molar-refractivity contribution is -0.151. The fourth-order valence-electron chi connectivity index (χ4n) is 4.00. The molecule has 3 nitrogen and oxygen atoms in total. The molecule has 1 saturated heterocycles. The standard InChI is InChI=1S/C16H20BrNO2/c1-2-16(15(19)20)8-3-9-18(16)14-7-4-11-10-12(17)5-6-13(11)14/h5-6,10,14H,2-4,7-9H2,1H3,(H,19,20). The van der Waals surface area contributed by atoms with Crippen molar-refractivity contribution in [1.29, 1.82) is 0 Å². The fourth-order valence-corrected chi connectivity index (χ4v) is 4.41. The Bertz CT molecular complexity index is 545. The zero-order chi connectivity index (χ0) is 14.3. The number of hydrogen-bond donors (Lipinski definition) is 1. The summed E-state index contributed by atoms with van der Waals surface area (Å²) in [5, 5.41) is 9.74. The van der Waals surface area contributed by atoms with Gasteiger partial charge < -0.3 is 5.11 Å². The van der Waals surface area contributed by atoms with E-state index in [2.05, 4.69) is 39.0 Å². The SMILES string of the molecule is CCC1(C(=O)O)CCCN1C1CCc2cc(Br)ccc21. The molecule has 0 amide bonds. The number of rotatable bonds is 3. The second kappa shape index (κ2) is 5.15. The summed E-state index contributed by atoms with van der Waals surface area (Å²) < 4.78 is 1.11. The van der Waals surface area contributed by atoms with Crippen LogP contribution in [0.2, 0.25) is 0 Å². The third-order valence-corrected chi connectivity index (χ3v) is 5.54. The number of halogens is 1. The van der Waals surface area contributed by atoms with Crippen molar-refractivity contribution in [2.45, 2.75) is 50.6 Å². The summed E-state index contributed by atoms with van der Waals surface area (Å²) in [4.78, 5) is 14.1. The van der Waals surface area contributed by atoms with Crippen molar-refractivity contribution in [3.8, 4) is 0 Å². The summed E-state index contributed by atoms with van der Waals surface area (Å²) in [5.41, 5.74) is 2.04. The Morgan fingerprint density at radius 1 is 1.55 bits per heavy atom. The van der Waals surface area contributed by atoms with Crippen LogP contribution < -0.4 is 0 Å². The Labute approximate surface area is 128 Å². The van der Waals surface area contributed by atoms with Gasteiger partial charge in [0.05, 0.1) is 0 Å². The predicted octanol–water partition coefficient (Wildman–Crippen LogP) is 3.77. The minimum Gasteiger partial charge on any atom is -0.480 e. The molecule has 1 N–H and O–H groups in total. The van der Waals surface area contributed by atoms with Crippen LogP contribution in [0.1, 0.15) is 49.8 Å². The van der Waals surface area contributed by atoms with Gasteiger partial charge in [-0.05, 0) is 61.9 Å². The van der Waals surface area contributed by atoms with E-state index in [0.717, 1.165) is 36.7 Å². The van der Waals surface area contributed by atoms with Gasteiger partial charge in [-0.1, -0.05) is 28.9 Å². The normalized spacial score (nSPS) is 29.6. The number of fused-ring (bicyclic) bond motifs is 1. The number of likely N-dealkylation sites (tertiary alicyclic amines) is 1. The van der Waals surface area contributed by atoms with Crippen LogP contribution in [0.15, 0.2) is 22.7 Å². The molecule has 20 heavy (non-hydrogen) atoms. The van der Waals surface area contributed by atoms with Crippen LogP contribution in [-0.4, -0.2) is 28.1 Å². The highest BCUT2D eigenvalue weighted by molar-refractivity contribution is 9.10. The maximum atomic E-state index is 11.8. The first-order valence-electron chi connectivity index (χ1n) is 7.37. The van der Waals surface area contributed by atoms with Gasteiger partial charge in [0.1, 0.15) is 5.54 Å². The fraction of sp³-hybridized carbons (Fsp3) is 0.562. The number of carboxylic acids is 1. The highest BCUT2D eigenvalue weighted by atomic mass is 79.9. The minimum atomic E-state index is -0.653. The van der Waals surface area contributed by atoms with Crippen LogP contribution >= 0.6 is 15.9 Å². The minimum absolute atomic E-state index is 0.275. The molecular weight excluding hydrogens is 318 g/mol. The third-order valence-electron chi connectivity index (χ3n) is 5.05. The Balaban J connectivity index is 1.97. The second-order valence-corrected chi connectivity index (χ2v) is 6.80. The topological polar surface area (TPSA) is 40.5 Å². The molecule has 1 aliphatic carbocycles. The lowest BCUT2D eigenvalue weighted by Crippen LogP contribution is -2.51. The molecule has 4 heteroatoms. The van der Waals surface area contributed by atoms with E-state index in [1.807, 2.05) is 6.92 Å². The van der Waals surface area contributed by atoms with Gasteiger partial charge in [-0.25, -0.2) is 0 Å². The van der Waals surface area contributed by atoms with E-state index in [1.165, 1.54) is 11.1 Å². The van der Waals surface area contributed by atoms with Gasteiger partial charge in [-0.3, -0.25) is 9.69 Å². The van der Waals surface area contributed by atoms with Crippen LogP contribution in [0.25, 0.3) is 0 Å². The van der Waals surface area contributed by atoms with E-state index in [9.17, 15) is 9.90 Å². The van der Waals surface area contributed by atoms with Crippen molar-refractivity contribution >= 4 is 21.9 Å². The molecule has 3 rings (SSSR count). The van der Waals surface area contributed by atoms with Crippen molar-refractivity contribution in [1.82, 2.24) is 4.90 Å². The van der Waals surface area contributed by atoms with Gasteiger partial charge in [0, 0.05) is 10.5 Å². The van der Waals surface area contributed by atoms with E-state index >= 15 is 0 Å². The Morgan fingerprint density at radius 3 is 3.05 bits per heavy atom. The van der Waals surface area contributed by atoms with Crippen LogP contribution in [0, 0.1) is 0 Å². The third kappa shape index (κ3) is 2.01. The molecule has 1 fully saturated rings. The average Bonchev–Trinajstić information content (AvgIpc) is 3.01. The maximum Gasteiger partial charge on any atom is 0.324 e. The quantitative estimate of drug-likeness (QED) is 0.912. The first kappa shape index (κ1) is 14.1. The number of carbonyl (C=O) groups is 1. The van der Waals surface area contributed by atoms with Crippen molar-refractivity contribution < 1.29 is 9.90 Å². The highest BCUT2D eigenvalue weighted by Crippen LogP contribution is 2.45. The van der Waals surface area contributed by atoms with E-state index in [1.54, 1.807) is 0 Å². The average molecular weight is 338 g/mol. The van der Waals surface area contributed by atoms with Crippen molar-refractivity contribution in [3.05, 3.63) is 33.8 Å². The Morgan fingerprint density at radius 2 is 2.35 bits per heavy atom. The van der Waals surface area contributed by atoms with Crippen molar-refractivity contribution in [2.75, 3.05) is 6.54 Å². The number of benzene rings is 1. The molecule has 0 aromatic heterocycles. The predicted molar refractivity (Wildman–Crippen MR) is 81.8 cm³/mol. The summed E-state index contributed by atoms with van der Waals surface area (Å²) in [6.07, 6.45) is 4.55. The molecule has 0 saturated carbocycles. The van der Waals surface area contributed by atoms with Gasteiger partial charge in [0.25, 0.3) is 0 Å². The van der Waals surface area contributed by atoms with Gasteiger partial charge >= 0.3 is 5.97 Å². The first-order valence-corrected chi connectivity index (χ1v) is 8.16. The monoisotopic (exact) mass is 337 g/mol. The lowest BCUT2D eigenvalue weighted by atomic mass is 9.91. The molecule has 2 atom stereocenters. The zero-order valence-electron chi connectivity index (χ0n) is 11.7.